The first-order valence-electron chi connectivity index (χ1n) is 7.81. The van der Waals surface area contributed by atoms with Gasteiger partial charge in [0.05, 0.1) is 0 Å². The average Bonchev–Trinajstić information content (AvgIpc) is 2.55. The summed E-state index contributed by atoms with van der Waals surface area (Å²) in [5, 5.41) is 3.30. The molecule has 2 aromatic rings. The molecule has 0 saturated heterocycles. The van der Waals surface area contributed by atoms with E-state index in [1.165, 1.54) is 24.1 Å². The minimum atomic E-state index is 0.726. The maximum Gasteiger partial charge on any atom is 0.224 e. The third-order valence-electron chi connectivity index (χ3n) is 3.84. The Morgan fingerprint density at radius 3 is 3.05 bits per heavy atom. The van der Waals surface area contributed by atoms with Crippen molar-refractivity contribution in [1.82, 2.24) is 9.97 Å². The van der Waals surface area contributed by atoms with E-state index in [9.17, 15) is 0 Å². The molecule has 110 valence electrons. The van der Waals surface area contributed by atoms with Gasteiger partial charge in [-0.05, 0) is 37.0 Å². The number of aryl methyl sites for hydroxylation is 1. The fourth-order valence-corrected chi connectivity index (χ4v) is 2.73. The number of para-hydroxylation sites is 1. The lowest BCUT2D eigenvalue weighted by Crippen LogP contribution is -2.25. The minimum Gasteiger partial charge on any atom is -0.354 e. The van der Waals surface area contributed by atoms with Gasteiger partial charge >= 0.3 is 0 Å². The Morgan fingerprint density at radius 1 is 1.24 bits per heavy atom. The van der Waals surface area contributed by atoms with Gasteiger partial charge in [-0.3, -0.25) is 0 Å². The molecule has 0 unspecified atom stereocenters. The van der Waals surface area contributed by atoms with Crippen molar-refractivity contribution in [1.29, 1.82) is 0 Å². The Labute approximate surface area is 126 Å². The third kappa shape index (κ3) is 3.15. The van der Waals surface area contributed by atoms with Gasteiger partial charge in [0.2, 0.25) is 5.95 Å². The van der Waals surface area contributed by atoms with E-state index in [2.05, 4.69) is 51.4 Å². The number of aromatic nitrogens is 2. The topological polar surface area (TPSA) is 41.1 Å². The first-order chi connectivity index (χ1) is 10.4. The number of hydrogen-bond acceptors (Lipinski definition) is 4. The molecule has 0 aliphatic carbocycles. The zero-order chi connectivity index (χ0) is 14.5. The van der Waals surface area contributed by atoms with E-state index >= 15 is 0 Å². The highest BCUT2D eigenvalue weighted by Gasteiger charge is 2.18. The van der Waals surface area contributed by atoms with Crippen LogP contribution >= 0.6 is 0 Å². The van der Waals surface area contributed by atoms with Gasteiger partial charge in [0, 0.05) is 25.0 Å². The Hall–Kier alpha value is -2.10. The molecule has 0 spiro atoms. The van der Waals surface area contributed by atoms with Crippen LogP contribution in [0.2, 0.25) is 0 Å². The molecule has 1 aliphatic heterocycles. The van der Waals surface area contributed by atoms with Crippen LogP contribution in [0.15, 0.2) is 36.5 Å². The predicted octanol–water partition coefficient (Wildman–Crippen LogP) is 3.77. The van der Waals surface area contributed by atoms with Gasteiger partial charge in [-0.15, -0.1) is 0 Å². The average molecular weight is 282 g/mol. The van der Waals surface area contributed by atoms with Crippen molar-refractivity contribution in [3.05, 3.63) is 42.1 Å². The standard InChI is InChI=1S/C17H22N4/c1-2-3-11-18-17-19-12-10-16(20-17)21-13-6-8-14-7-4-5-9-15(14)21/h4-5,7,9-10,12H,2-3,6,8,11,13H2,1H3,(H,18,19,20). The first kappa shape index (κ1) is 13.9. The lowest BCUT2D eigenvalue weighted by atomic mass is 10.0. The number of nitrogens with one attached hydrogen (secondary N) is 1. The summed E-state index contributed by atoms with van der Waals surface area (Å²) in [6.07, 6.45) is 6.47. The molecule has 0 fully saturated rings. The quantitative estimate of drug-likeness (QED) is 0.847. The third-order valence-corrected chi connectivity index (χ3v) is 3.84. The predicted molar refractivity (Wildman–Crippen MR) is 87.2 cm³/mol. The summed E-state index contributed by atoms with van der Waals surface area (Å²) in [6, 6.07) is 10.6. The number of anilines is 3. The molecule has 0 saturated carbocycles. The van der Waals surface area contributed by atoms with Crippen molar-refractivity contribution in [3.8, 4) is 0 Å². The Morgan fingerprint density at radius 2 is 2.14 bits per heavy atom. The monoisotopic (exact) mass is 282 g/mol. The van der Waals surface area contributed by atoms with Crippen molar-refractivity contribution >= 4 is 17.5 Å². The Kier molecular flexibility index (Phi) is 4.34. The van der Waals surface area contributed by atoms with E-state index in [4.69, 9.17) is 0 Å². The fourth-order valence-electron chi connectivity index (χ4n) is 2.73. The summed E-state index contributed by atoms with van der Waals surface area (Å²) in [7, 11) is 0. The molecule has 1 aliphatic rings. The van der Waals surface area contributed by atoms with Gasteiger partial charge in [0.1, 0.15) is 5.82 Å². The van der Waals surface area contributed by atoms with Crippen LogP contribution in [0, 0.1) is 0 Å². The number of fused-ring (bicyclic) bond motifs is 1. The van der Waals surface area contributed by atoms with Crippen molar-refractivity contribution < 1.29 is 0 Å². The highest BCUT2D eigenvalue weighted by Crippen LogP contribution is 2.32. The molecule has 4 heteroatoms. The number of unbranched alkanes of at least 4 members (excludes halogenated alkanes) is 1. The van der Waals surface area contributed by atoms with E-state index in [1.807, 2.05) is 12.3 Å². The first-order valence-corrected chi connectivity index (χ1v) is 7.81. The molecule has 2 heterocycles. The molecular formula is C17H22N4. The van der Waals surface area contributed by atoms with Crippen molar-refractivity contribution in [2.45, 2.75) is 32.6 Å². The van der Waals surface area contributed by atoms with Crippen LogP contribution in [-0.4, -0.2) is 23.1 Å². The molecule has 1 aromatic heterocycles. The van der Waals surface area contributed by atoms with Crippen LogP contribution < -0.4 is 10.2 Å². The summed E-state index contributed by atoms with van der Waals surface area (Å²) < 4.78 is 0. The smallest absolute Gasteiger partial charge is 0.224 e. The lowest BCUT2D eigenvalue weighted by Gasteiger charge is -2.30. The summed E-state index contributed by atoms with van der Waals surface area (Å²) >= 11 is 0. The van der Waals surface area contributed by atoms with E-state index in [0.717, 1.165) is 37.7 Å². The van der Waals surface area contributed by atoms with Gasteiger partial charge in [0.25, 0.3) is 0 Å². The molecular weight excluding hydrogens is 260 g/mol. The highest BCUT2D eigenvalue weighted by atomic mass is 15.2. The van der Waals surface area contributed by atoms with E-state index in [1.54, 1.807) is 0 Å². The van der Waals surface area contributed by atoms with Gasteiger partial charge in [0.15, 0.2) is 0 Å². The van der Waals surface area contributed by atoms with Crippen molar-refractivity contribution in [2.75, 3.05) is 23.3 Å². The van der Waals surface area contributed by atoms with E-state index < -0.39 is 0 Å². The molecule has 3 rings (SSSR count). The van der Waals surface area contributed by atoms with E-state index in [0.29, 0.717) is 0 Å². The molecule has 21 heavy (non-hydrogen) atoms. The molecule has 1 aromatic carbocycles. The van der Waals surface area contributed by atoms with Crippen LogP contribution in [0.25, 0.3) is 0 Å². The van der Waals surface area contributed by atoms with Gasteiger partial charge in [-0.2, -0.15) is 4.98 Å². The van der Waals surface area contributed by atoms with Gasteiger partial charge < -0.3 is 10.2 Å². The SMILES string of the molecule is CCCCNc1nccc(N2CCCc3ccccc32)n1. The van der Waals surface area contributed by atoms with Crippen molar-refractivity contribution in [2.24, 2.45) is 0 Å². The van der Waals surface area contributed by atoms with E-state index in [-0.39, 0.29) is 0 Å². The number of rotatable bonds is 5. The summed E-state index contributed by atoms with van der Waals surface area (Å²) in [4.78, 5) is 11.3. The second kappa shape index (κ2) is 6.57. The molecule has 0 radical (unpaired) electrons. The fraction of sp³-hybridized carbons (Fsp3) is 0.412. The molecule has 0 atom stereocenters. The zero-order valence-electron chi connectivity index (χ0n) is 12.5. The van der Waals surface area contributed by atoms with Crippen LogP contribution in [-0.2, 0) is 6.42 Å². The summed E-state index contributed by atoms with van der Waals surface area (Å²) in [5.74, 6) is 1.71. The van der Waals surface area contributed by atoms with Gasteiger partial charge in [-0.25, -0.2) is 4.98 Å². The minimum absolute atomic E-state index is 0.726. The van der Waals surface area contributed by atoms with Crippen LogP contribution in [0.3, 0.4) is 0 Å². The lowest BCUT2D eigenvalue weighted by molar-refractivity contribution is 0.758. The Balaban J connectivity index is 1.83. The normalized spacial score (nSPS) is 13.9. The molecule has 1 N–H and O–H groups in total. The number of benzene rings is 1. The van der Waals surface area contributed by atoms with Gasteiger partial charge in [-0.1, -0.05) is 31.5 Å². The largest absolute Gasteiger partial charge is 0.354 e. The molecule has 0 bridgehead atoms. The zero-order valence-corrected chi connectivity index (χ0v) is 12.5. The highest BCUT2D eigenvalue weighted by molar-refractivity contribution is 5.65. The van der Waals surface area contributed by atoms with Crippen LogP contribution in [0.4, 0.5) is 17.5 Å². The second-order valence-electron chi connectivity index (χ2n) is 5.40. The van der Waals surface area contributed by atoms with Crippen molar-refractivity contribution in [3.63, 3.8) is 0 Å². The molecule has 4 nitrogen and oxygen atoms in total. The summed E-state index contributed by atoms with van der Waals surface area (Å²) in [6.45, 7) is 4.13. The summed E-state index contributed by atoms with van der Waals surface area (Å²) in [5.41, 5.74) is 2.69. The molecule has 0 amide bonds. The Bertz CT molecular complexity index is 597. The van der Waals surface area contributed by atoms with Crippen LogP contribution in [0.5, 0.6) is 0 Å². The number of nitrogens with zero attached hydrogens (tertiary/aromatic N) is 3. The number of hydrogen-bond donors (Lipinski definition) is 1. The van der Waals surface area contributed by atoms with Crippen LogP contribution in [0.1, 0.15) is 31.7 Å². The second-order valence-corrected chi connectivity index (χ2v) is 5.40. The maximum absolute atomic E-state index is 4.67. The maximum atomic E-state index is 4.67.